The standard InChI is InChI=1S/C16H25ClN4O/c1-3-4-8-21-16(17)14(12(2)19-21)5-6-15(22)20-9-7-13(10-18)11-20/h5-6,13H,3-4,7-11,18H2,1-2H3/b6-5+. The first kappa shape index (κ1) is 17.0. The fraction of sp³-hybridized carbons (Fsp3) is 0.625. The number of carbonyl (C=O) groups excluding carboxylic acids is 1. The van der Waals surface area contributed by atoms with Crippen LogP contribution in [0.1, 0.15) is 37.4 Å². The van der Waals surface area contributed by atoms with Crippen molar-refractivity contribution in [1.82, 2.24) is 14.7 Å². The molecular formula is C16H25ClN4O. The maximum atomic E-state index is 12.2. The first-order chi connectivity index (χ1) is 10.6. The molecule has 0 bridgehead atoms. The molecule has 1 aromatic heterocycles. The Morgan fingerprint density at radius 1 is 1.55 bits per heavy atom. The van der Waals surface area contributed by atoms with Crippen LogP contribution in [0.25, 0.3) is 6.08 Å². The predicted octanol–water partition coefficient (Wildman–Crippen LogP) is 2.47. The molecule has 2 heterocycles. The molecule has 0 spiro atoms. The van der Waals surface area contributed by atoms with Gasteiger partial charge in [0, 0.05) is 31.3 Å². The second-order valence-corrected chi connectivity index (χ2v) is 6.23. The van der Waals surface area contributed by atoms with Crippen molar-refractivity contribution in [3.8, 4) is 0 Å². The van der Waals surface area contributed by atoms with Crippen molar-refractivity contribution in [1.29, 1.82) is 0 Å². The van der Waals surface area contributed by atoms with Crippen molar-refractivity contribution in [3.63, 3.8) is 0 Å². The summed E-state index contributed by atoms with van der Waals surface area (Å²) in [6.07, 6.45) is 6.50. The van der Waals surface area contributed by atoms with E-state index in [2.05, 4.69) is 12.0 Å². The van der Waals surface area contributed by atoms with E-state index < -0.39 is 0 Å². The van der Waals surface area contributed by atoms with E-state index in [1.807, 2.05) is 16.5 Å². The number of hydrogen-bond acceptors (Lipinski definition) is 3. The molecule has 1 aromatic rings. The predicted molar refractivity (Wildman–Crippen MR) is 89.7 cm³/mol. The van der Waals surface area contributed by atoms with Crippen molar-refractivity contribution in [2.24, 2.45) is 11.7 Å². The second kappa shape index (κ2) is 7.79. The van der Waals surface area contributed by atoms with Crippen LogP contribution in [-0.2, 0) is 11.3 Å². The van der Waals surface area contributed by atoms with Crippen LogP contribution in [0.15, 0.2) is 6.08 Å². The molecule has 0 radical (unpaired) electrons. The molecule has 2 N–H and O–H groups in total. The van der Waals surface area contributed by atoms with Crippen LogP contribution in [0.3, 0.4) is 0 Å². The van der Waals surface area contributed by atoms with Crippen LogP contribution in [0.4, 0.5) is 0 Å². The lowest BCUT2D eigenvalue weighted by Gasteiger charge is -2.13. The monoisotopic (exact) mass is 324 g/mol. The highest BCUT2D eigenvalue weighted by atomic mass is 35.5. The minimum atomic E-state index is 0.0210. The molecule has 0 aliphatic carbocycles. The van der Waals surface area contributed by atoms with Gasteiger partial charge in [-0.15, -0.1) is 0 Å². The van der Waals surface area contributed by atoms with E-state index in [1.165, 1.54) is 0 Å². The van der Waals surface area contributed by atoms with E-state index in [0.717, 1.165) is 50.2 Å². The number of halogens is 1. The number of likely N-dealkylation sites (tertiary alicyclic amines) is 1. The third-order valence-electron chi connectivity index (χ3n) is 4.16. The molecule has 1 fully saturated rings. The van der Waals surface area contributed by atoms with Gasteiger partial charge in [-0.25, -0.2) is 0 Å². The van der Waals surface area contributed by atoms with Gasteiger partial charge in [0.15, 0.2) is 0 Å². The number of aromatic nitrogens is 2. The maximum Gasteiger partial charge on any atom is 0.246 e. The van der Waals surface area contributed by atoms with Crippen LogP contribution in [0.5, 0.6) is 0 Å². The molecule has 1 unspecified atom stereocenters. The average molecular weight is 325 g/mol. The van der Waals surface area contributed by atoms with Crippen molar-refractivity contribution in [3.05, 3.63) is 22.5 Å². The van der Waals surface area contributed by atoms with E-state index >= 15 is 0 Å². The fourth-order valence-corrected chi connectivity index (χ4v) is 3.02. The Hall–Kier alpha value is -1.33. The average Bonchev–Trinajstić information content (AvgIpc) is 3.09. The van der Waals surface area contributed by atoms with Crippen LogP contribution in [0, 0.1) is 12.8 Å². The smallest absolute Gasteiger partial charge is 0.246 e. The highest BCUT2D eigenvalue weighted by Gasteiger charge is 2.23. The number of carbonyl (C=O) groups is 1. The van der Waals surface area contributed by atoms with Crippen LogP contribution in [-0.4, -0.2) is 40.2 Å². The summed E-state index contributed by atoms with van der Waals surface area (Å²) in [7, 11) is 0. The van der Waals surface area contributed by atoms with Gasteiger partial charge in [0.25, 0.3) is 0 Å². The summed E-state index contributed by atoms with van der Waals surface area (Å²) in [4.78, 5) is 14.1. The highest BCUT2D eigenvalue weighted by Crippen LogP contribution is 2.22. The summed E-state index contributed by atoms with van der Waals surface area (Å²) in [5, 5.41) is 5.05. The van der Waals surface area contributed by atoms with Crippen LogP contribution in [0.2, 0.25) is 5.15 Å². The Kier molecular flexibility index (Phi) is 6.03. The maximum absolute atomic E-state index is 12.2. The first-order valence-corrected chi connectivity index (χ1v) is 8.34. The normalized spacial score (nSPS) is 18.5. The number of aryl methyl sites for hydroxylation is 2. The van der Waals surface area contributed by atoms with Crippen molar-refractivity contribution < 1.29 is 4.79 Å². The Labute approximate surface area is 137 Å². The third-order valence-corrected chi connectivity index (χ3v) is 4.55. The number of nitrogens with two attached hydrogens (primary N) is 1. The number of hydrogen-bond donors (Lipinski definition) is 1. The molecule has 1 saturated heterocycles. The zero-order chi connectivity index (χ0) is 16.1. The number of nitrogens with zero attached hydrogens (tertiary/aromatic N) is 3. The molecule has 0 saturated carbocycles. The molecule has 1 amide bonds. The lowest BCUT2D eigenvalue weighted by molar-refractivity contribution is -0.125. The van der Waals surface area contributed by atoms with Crippen LogP contribution >= 0.6 is 11.6 Å². The second-order valence-electron chi connectivity index (χ2n) is 5.87. The zero-order valence-electron chi connectivity index (χ0n) is 13.4. The molecule has 1 aliphatic rings. The quantitative estimate of drug-likeness (QED) is 0.817. The van der Waals surface area contributed by atoms with Gasteiger partial charge in [0.05, 0.1) is 5.69 Å². The van der Waals surface area contributed by atoms with Crippen LogP contribution < -0.4 is 5.73 Å². The summed E-state index contributed by atoms with van der Waals surface area (Å²) in [5.41, 5.74) is 7.35. The Bertz CT molecular complexity index is 553. The van der Waals surface area contributed by atoms with Gasteiger partial charge >= 0.3 is 0 Å². The molecule has 0 aromatic carbocycles. The Morgan fingerprint density at radius 3 is 2.95 bits per heavy atom. The molecule has 2 rings (SSSR count). The molecule has 6 heteroatoms. The molecule has 5 nitrogen and oxygen atoms in total. The SMILES string of the molecule is CCCCn1nc(C)c(/C=C/C(=O)N2CCC(CN)C2)c1Cl. The summed E-state index contributed by atoms with van der Waals surface area (Å²) < 4.78 is 1.81. The minimum absolute atomic E-state index is 0.0210. The fourth-order valence-electron chi connectivity index (χ4n) is 2.70. The minimum Gasteiger partial charge on any atom is -0.339 e. The number of rotatable bonds is 6. The van der Waals surface area contributed by atoms with Gasteiger partial charge in [-0.1, -0.05) is 24.9 Å². The van der Waals surface area contributed by atoms with Gasteiger partial charge in [0.2, 0.25) is 5.91 Å². The summed E-state index contributed by atoms with van der Waals surface area (Å²) in [6, 6.07) is 0. The molecule has 1 aliphatic heterocycles. The van der Waals surface area contributed by atoms with E-state index in [4.69, 9.17) is 17.3 Å². The Morgan fingerprint density at radius 2 is 2.32 bits per heavy atom. The molecule has 1 atom stereocenters. The van der Waals surface area contributed by atoms with E-state index in [9.17, 15) is 4.79 Å². The van der Waals surface area contributed by atoms with Crippen molar-refractivity contribution >= 4 is 23.6 Å². The summed E-state index contributed by atoms with van der Waals surface area (Å²) >= 11 is 6.36. The number of amides is 1. The zero-order valence-corrected chi connectivity index (χ0v) is 14.1. The van der Waals surface area contributed by atoms with Crippen molar-refractivity contribution in [2.75, 3.05) is 19.6 Å². The molecule has 122 valence electrons. The lowest BCUT2D eigenvalue weighted by atomic mass is 10.1. The van der Waals surface area contributed by atoms with E-state index in [0.29, 0.717) is 17.6 Å². The summed E-state index contributed by atoms with van der Waals surface area (Å²) in [6.45, 7) is 7.04. The van der Waals surface area contributed by atoms with Gasteiger partial charge in [-0.3, -0.25) is 9.48 Å². The lowest BCUT2D eigenvalue weighted by Crippen LogP contribution is -2.28. The van der Waals surface area contributed by atoms with Gasteiger partial charge < -0.3 is 10.6 Å². The molecular weight excluding hydrogens is 300 g/mol. The van der Waals surface area contributed by atoms with E-state index in [-0.39, 0.29) is 5.91 Å². The van der Waals surface area contributed by atoms with E-state index in [1.54, 1.807) is 12.2 Å². The van der Waals surface area contributed by atoms with Gasteiger partial charge in [-0.05, 0) is 38.3 Å². The molecule has 22 heavy (non-hydrogen) atoms. The summed E-state index contributed by atoms with van der Waals surface area (Å²) in [5.74, 6) is 0.451. The highest BCUT2D eigenvalue weighted by molar-refractivity contribution is 6.31. The first-order valence-electron chi connectivity index (χ1n) is 7.96. The third kappa shape index (κ3) is 3.90. The largest absolute Gasteiger partial charge is 0.339 e. The van der Waals surface area contributed by atoms with Gasteiger partial charge in [-0.2, -0.15) is 5.10 Å². The number of unbranched alkanes of at least 4 members (excludes halogenated alkanes) is 1. The topological polar surface area (TPSA) is 64.2 Å². The Balaban J connectivity index is 2.03. The van der Waals surface area contributed by atoms with Crippen molar-refractivity contribution in [2.45, 2.75) is 39.7 Å². The van der Waals surface area contributed by atoms with Gasteiger partial charge in [0.1, 0.15) is 5.15 Å².